The number of carbonyl (C=O) groups excluding carboxylic acids is 1. The molecule has 1 unspecified atom stereocenters. The van der Waals surface area contributed by atoms with E-state index < -0.39 is 5.97 Å². The molecule has 0 amide bonds. The molecule has 2 heterocycles. The first-order chi connectivity index (χ1) is 20.7. The minimum Gasteiger partial charge on any atom is -0.481 e. The number of ether oxygens (including phenoxy) is 1. The van der Waals surface area contributed by atoms with Crippen molar-refractivity contribution in [1.29, 1.82) is 0 Å². The Morgan fingerprint density at radius 1 is 0.860 bits per heavy atom. The van der Waals surface area contributed by atoms with Crippen molar-refractivity contribution >= 4 is 45.4 Å². The molecule has 2 aliphatic rings. The van der Waals surface area contributed by atoms with Crippen molar-refractivity contribution in [3.05, 3.63) is 108 Å². The van der Waals surface area contributed by atoms with Gasteiger partial charge in [0, 0.05) is 34.4 Å². The molecule has 1 N–H and O–H groups in total. The second-order valence-corrected chi connectivity index (χ2v) is 12.5. The summed E-state index contributed by atoms with van der Waals surface area (Å²) in [6.45, 7) is 10.8. The van der Waals surface area contributed by atoms with Crippen LogP contribution in [0.1, 0.15) is 45.2 Å². The van der Waals surface area contributed by atoms with Crippen LogP contribution in [0.5, 0.6) is 0 Å². The van der Waals surface area contributed by atoms with Crippen LogP contribution in [-0.2, 0) is 25.2 Å². The molecule has 6 rings (SSSR count). The lowest BCUT2D eigenvalue weighted by atomic mass is 9.78. The zero-order valence-corrected chi connectivity index (χ0v) is 25.2. The highest BCUT2D eigenvalue weighted by molar-refractivity contribution is 5.95. The molecule has 0 aromatic heterocycles. The molecule has 4 aromatic rings. The molecule has 0 radical (unpaired) electrons. The highest BCUT2D eigenvalue weighted by atomic mass is 16.5. The molecule has 2 aliphatic heterocycles. The highest BCUT2D eigenvalue weighted by Gasteiger charge is 2.44. The van der Waals surface area contributed by atoms with E-state index in [9.17, 15) is 14.7 Å². The van der Waals surface area contributed by atoms with Crippen molar-refractivity contribution in [3.63, 3.8) is 0 Å². The van der Waals surface area contributed by atoms with Gasteiger partial charge in [0.1, 0.15) is 6.61 Å². The van der Waals surface area contributed by atoms with Gasteiger partial charge in [-0.25, -0.2) is 0 Å². The van der Waals surface area contributed by atoms with Gasteiger partial charge in [-0.3, -0.25) is 9.59 Å². The Labute approximate surface area is 252 Å². The molecular formula is C37H38N2O4. The van der Waals surface area contributed by atoms with Gasteiger partial charge < -0.3 is 19.6 Å². The predicted octanol–water partition coefficient (Wildman–Crippen LogP) is 7.34. The SMILES string of the molecule is CC1(C)C(=CC=CC2N(CCOC=O)c3ccc4ccccc4c3C2(C)C)N(CCC(=O)O)c2ccc3ccccc3c21. The van der Waals surface area contributed by atoms with Crippen molar-refractivity contribution < 1.29 is 19.4 Å². The van der Waals surface area contributed by atoms with Crippen molar-refractivity contribution in [1.82, 2.24) is 0 Å². The molecule has 0 saturated heterocycles. The van der Waals surface area contributed by atoms with Gasteiger partial charge in [0.25, 0.3) is 6.47 Å². The van der Waals surface area contributed by atoms with Crippen LogP contribution >= 0.6 is 0 Å². The van der Waals surface area contributed by atoms with Gasteiger partial charge in [-0.05, 0) is 50.9 Å². The van der Waals surface area contributed by atoms with E-state index >= 15 is 0 Å². The van der Waals surface area contributed by atoms with E-state index in [1.54, 1.807) is 0 Å². The zero-order chi connectivity index (χ0) is 30.4. The molecule has 0 fully saturated rings. The van der Waals surface area contributed by atoms with Crippen LogP contribution in [0.4, 0.5) is 11.4 Å². The zero-order valence-electron chi connectivity index (χ0n) is 25.2. The second kappa shape index (κ2) is 10.9. The van der Waals surface area contributed by atoms with Crippen LogP contribution in [0.3, 0.4) is 0 Å². The summed E-state index contributed by atoms with van der Waals surface area (Å²) >= 11 is 0. The number of benzene rings is 4. The van der Waals surface area contributed by atoms with E-state index in [-0.39, 0.29) is 23.3 Å². The maximum atomic E-state index is 11.7. The fourth-order valence-corrected chi connectivity index (χ4v) is 7.40. The Morgan fingerprint density at radius 3 is 2.14 bits per heavy atom. The third kappa shape index (κ3) is 4.75. The number of carbonyl (C=O) groups is 2. The summed E-state index contributed by atoms with van der Waals surface area (Å²) in [6.07, 6.45) is 6.59. The Hall–Kier alpha value is -4.58. The van der Waals surface area contributed by atoms with E-state index in [0.717, 1.165) is 17.1 Å². The smallest absolute Gasteiger partial charge is 0.305 e. The third-order valence-electron chi connectivity index (χ3n) is 9.30. The Balaban J connectivity index is 1.43. The van der Waals surface area contributed by atoms with E-state index in [1.165, 1.54) is 32.7 Å². The number of rotatable bonds is 9. The van der Waals surface area contributed by atoms with Crippen LogP contribution in [0.25, 0.3) is 21.5 Å². The Bertz CT molecular complexity index is 1780. The Kier molecular flexibility index (Phi) is 7.25. The van der Waals surface area contributed by atoms with Crippen LogP contribution in [0.15, 0.2) is 96.7 Å². The van der Waals surface area contributed by atoms with Gasteiger partial charge in [0.05, 0.1) is 19.0 Å². The van der Waals surface area contributed by atoms with Crippen LogP contribution in [0.2, 0.25) is 0 Å². The number of hydrogen-bond donors (Lipinski definition) is 1. The normalized spacial score (nSPS) is 19.3. The lowest BCUT2D eigenvalue weighted by molar-refractivity contribution is -0.136. The first-order valence-electron chi connectivity index (χ1n) is 14.9. The lowest BCUT2D eigenvalue weighted by Crippen LogP contribution is -2.41. The Morgan fingerprint density at radius 2 is 1.49 bits per heavy atom. The van der Waals surface area contributed by atoms with Crippen molar-refractivity contribution in [2.24, 2.45) is 0 Å². The predicted molar refractivity (Wildman–Crippen MR) is 174 cm³/mol. The fraction of sp³-hybridized carbons (Fsp3) is 0.297. The van der Waals surface area contributed by atoms with Gasteiger partial charge in [-0.1, -0.05) is 101 Å². The van der Waals surface area contributed by atoms with Crippen LogP contribution in [0, 0.1) is 0 Å². The number of aliphatic carboxylic acids is 1. The van der Waals surface area contributed by atoms with Gasteiger partial charge in [0.2, 0.25) is 0 Å². The van der Waals surface area contributed by atoms with Crippen molar-refractivity contribution in [2.45, 2.75) is 51.0 Å². The van der Waals surface area contributed by atoms with Crippen LogP contribution in [-0.4, -0.2) is 43.3 Å². The van der Waals surface area contributed by atoms with Gasteiger partial charge >= 0.3 is 5.97 Å². The average Bonchev–Trinajstić information content (AvgIpc) is 3.35. The molecular weight excluding hydrogens is 536 g/mol. The first-order valence-corrected chi connectivity index (χ1v) is 14.9. The minimum atomic E-state index is -0.812. The summed E-state index contributed by atoms with van der Waals surface area (Å²) in [6, 6.07) is 25.5. The number of nitrogens with zero attached hydrogens (tertiary/aromatic N) is 2. The van der Waals surface area contributed by atoms with E-state index in [0.29, 0.717) is 26.2 Å². The van der Waals surface area contributed by atoms with Gasteiger partial charge in [0.15, 0.2) is 0 Å². The maximum absolute atomic E-state index is 11.7. The molecule has 220 valence electrons. The maximum Gasteiger partial charge on any atom is 0.305 e. The number of allylic oxidation sites excluding steroid dienone is 3. The monoisotopic (exact) mass is 574 g/mol. The molecule has 0 saturated carbocycles. The van der Waals surface area contributed by atoms with Crippen LogP contribution < -0.4 is 9.80 Å². The molecule has 0 spiro atoms. The van der Waals surface area contributed by atoms with E-state index in [2.05, 4.69) is 129 Å². The fourth-order valence-electron chi connectivity index (χ4n) is 7.40. The number of fused-ring (bicyclic) bond motifs is 6. The van der Waals surface area contributed by atoms with E-state index in [1.807, 2.05) is 0 Å². The first kappa shape index (κ1) is 28.5. The van der Waals surface area contributed by atoms with Crippen molar-refractivity contribution in [2.75, 3.05) is 29.5 Å². The number of carboxylic acids is 1. The molecule has 6 heteroatoms. The standard InChI is InChI=1S/C37H38N2O4/c1-36(2)31(38(21-20-33(41)42)29-18-16-25-10-5-7-12-27(25)34(29)36)14-9-15-32-37(3,4)35-28-13-8-6-11-26(28)17-19-30(35)39(32)22-23-43-24-40/h5-19,24,32H,20-23H2,1-4H3,(H,41,42). The molecule has 4 aromatic carbocycles. The topological polar surface area (TPSA) is 70.1 Å². The van der Waals surface area contributed by atoms with E-state index in [4.69, 9.17) is 4.74 Å². The molecule has 1 atom stereocenters. The molecule has 0 aliphatic carbocycles. The van der Waals surface area contributed by atoms with Gasteiger partial charge in [-0.2, -0.15) is 0 Å². The number of hydrogen-bond acceptors (Lipinski definition) is 5. The molecule has 43 heavy (non-hydrogen) atoms. The third-order valence-corrected chi connectivity index (χ3v) is 9.30. The summed E-state index contributed by atoms with van der Waals surface area (Å²) in [5, 5.41) is 14.4. The highest BCUT2D eigenvalue weighted by Crippen LogP contribution is 2.51. The summed E-state index contributed by atoms with van der Waals surface area (Å²) in [5.41, 5.74) is 5.26. The summed E-state index contributed by atoms with van der Waals surface area (Å²) in [4.78, 5) is 27.2. The summed E-state index contributed by atoms with van der Waals surface area (Å²) < 4.78 is 5.15. The largest absolute Gasteiger partial charge is 0.481 e. The second-order valence-electron chi connectivity index (χ2n) is 12.5. The summed E-state index contributed by atoms with van der Waals surface area (Å²) in [7, 11) is 0. The molecule has 6 nitrogen and oxygen atoms in total. The number of carboxylic acid groups (broad SMARTS) is 1. The van der Waals surface area contributed by atoms with Gasteiger partial charge in [-0.15, -0.1) is 0 Å². The lowest BCUT2D eigenvalue weighted by Gasteiger charge is -2.32. The minimum absolute atomic E-state index is 0.0144. The molecule has 0 bridgehead atoms. The average molecular weight is 575 g/mol. The summed E-state index contributed by atoms with van der Waals surface area (Å²) in [5.74, 6) is -0.812. The quantitative estimate of drug-likeness (QED) is 0.167. The van der Waals surface area contributed by atoms with Crippen molar-refractivity contribution in [3.8, 4) is 0 Å². The number of anilines is 2.